The third kappa shape index (κ3) is 3.97. The predicted octanol–water partition coefficient (Wildman–Crippen LogP) is 4.70. The lowest BCUT2D eigenvalue weighted by molar-refractivity contribution is 0.0701. The van der Waals surface area contributed by atoms with E-state index < -0.39 is 12.1 Å². The number of alkyl carbamates (subject to hydrolysis) is 1. The number of hydrogen-bond acceptors (Lipinski definition) is 5. The highest BCUT2D eigenvalue weighted by atomic mass is 32.1. The van der Waals surface area contributed by atoms with Crippen LogP contribution in [0.25, 0.3) is 17.2 Å². The highest BCUT2D eigenvalue weighted by Crippen LogP contribution is 2.44. The molecule has 1 aromatic heterocycles. The van der Waals surface area contributed by atoms with Crippen LogP contribution in [0.15, 0.2) is 54.6 Å². The number of aromatic carboxylic acids is 1. The van der Waals surface area contributed by atoms with E-state index in [1.165, 1.54) is 22.3 Å². The Morgan fingerprint density at radius 2 is 1.77 bits per heavy atom. The molecule has 1 heterocycles. The molecule has 4 rings (SSSR count). The summed E-state index contributed by atoms with van der Waals surface area (Å²) < 4.78 is 5.47. The van der Waals surface area contributed by atoms with Crippen molar-refractivity contribution >= 4 is 29.5 Å². The number of carbonyl (C=O) groups excluding carboxylic acids is 1. The average molecular weight is 420 g/mol. The van der Waals surface area contributed by atoms with Gasteiger partial charge in [-0.25, -0.2) is 14.6 Å². The molecular weight excluding hydrogens is 400 g/mol. The molecule has 6 nitrogen and oxygen atoms in total. The fraction of sp³-hybridized carbons (Fsp3) is 0.174. The number of benzene rings is 2. The minimum Gasteiger partial charge on any atom is -0.477 e. The first-order chi connectivity index (χ1) is 14.5. The molecule has 1 amide bonds. The standard InChI is InChI=1S/C23H20N2O4S/c1-14-21(22(26)27)30-20(25-14)11-6-12-24-23(28)29-13-19-17-9-4-2-7-15(17)16-8-3-5-10-18(16)19/h2-11,19H,12-13H2,1H3,(H,24,28)(H,26,27). The number of ether oxygens (including phenoxy) is 1. The third-order valence-electron chi connectivity index (χ3n) is 4.98. The number of nitrogens with one attached hydrogen (secondary N) is 1. The second-order valence-electron chi connectivity index (χ2n) is 6.88. The smallest absolute Gasteiger partial charge is 0.407 e. The molecular formula is C23H20N2O4S. The molecule has 3 aromatic rings. The quantitative estimate of drug-likeness (QED) is 0.603. The summed E-state index contributed by atoms with van der Waals surface area (Å²) in [5.74, 6) is -0.965. The van der Waals surface area contributed by atoms with Gasteiger partial charge in [0.15, 0.2) is 0 Å². The number of amides is 1. The first-order valence-corrected chi connectivity index (χ1v) is 10.3. The van der Waals surface area contributed by atoms with Gasteiger partial charge >= 0.3 is 12.1 Å². The van der Waals surface area contributed by atoms with Crippen LogP contribution >= 0.6 is 11.3 Å². The molecule has 0 atom stereocenters. The van der Waals surface area contributed by atoms with Crippen molar-refractivity contribution in [2.24, 2.45) is 0 Å². The van der Waals surface area contributed by atoms with Gasteiger partial charge in [0.1, 0.15) is 16.5 Å². The van der Waals surface area contributed by atoms with Gasteiger partial charge in [-0.15, -0.1) is 11.3 Å². The van der Waals surface area contributed by atoms with Crippen LogP contribution in [-0.4, -0.2) is 35.3 Å². The van der Waals surface area contributed by atoms with Crippen LogP contribution in [0.2, 0.25) is 0 Å². The highest BCUT2D eigenvalue weighted by Gasteiger charge is 2.28. The van der Waals surface area contributed by atoms with Gasteiger partial charge in [0.2, 0.25) is 0 Å². The summed E-state index contributed by atoms with van der Waals surface area (Å²) in [4.78, 5) is 27.6. The maximum absolute atomic E-state index is 12.1. The first-order valence-electron chi connectivity index (χ1n) is 9.50. The lowest BCUT2D eigenvalue weighted by Crippen LogP contribution is -2.26. The summed E-state index contributed by atoms with van der Waals surface area (Å²) in [5.41, 5.74) is 5.19. The van der Waals surface area contributed by atoms with E-state index in [4.69, 9.17) is 9.84 Å². The van der Waals surface area contributed by atoms with Crippen LogP contribution in [0.3, 0.4) is 0 Å². The third-order valence-corrected chi connectivity index (χ3v) is 6.09. The van der Waals surface area contributed by atoms with Gasteiger partial charge in [-0.1, -0.05) is 54.6 Å². The van der Waals surface area contributed by atoms with E-state index in [-0.39, 0.29) is 23.9 Å². The van der Waals surface area contributed by atoms with Crippen molar-refractivity contribution in [2.75, 3.05) is 13.2 Å². The van der Waals surface area contributed by atoms with Crippen LogP contribution in [-0.2, 0) is 4.74 Å². The molecule has 0 saturated heterocycles. The molecule has 2 N–H and O–H groups in total. The normalized spacial score (nSPS) is 12.6. The number of nitrogens with zero attached hydrogens (tertiary/aromatic N) is 1. The molecule has 0 bridgehead atoms. The molecule has 0 aliphatic heterocycles. The monoisotopic (exact) mass is 420 g/mol. The molecule has 0 spiro atoms. The largest absolute Gasteiger partial charge is 0.477 e. The predicted molar refractivity (Wildman–Crippen MR) is 116 cm³/mol. The molecule has 2 aromatic carbocycles. The SMILES string of the molecule is Cc1nc(C=CCNC(=O)OCC2c3ccccc3-c3ccccc32)sc1C(=O)O. The van der Waals surface area contributed by atoms with Gasteiger partial charge < -0.3 is 15.2 Å². The van der Waals surface area contributed by atoms with Crippen molar-refractivity contribution in [3.05, 3.63) is 81.3 Å². The van der Waals surface area contributed by atoms with Crippen molar-refractivity contribution in [1.29, 1.82) is 0 Å². The number of aryl methyl sites for hydroxylation is 1. The topological polar surface area (TPSA) is 88.5 Å². The minimum absolute atomic E-state index is 0.0198. The van der Waals surface area contributed by atoms with Crippen LogP contribution in [0.4, 0.5) is 4.79 Å². The maximum atomic E-state index is 12.1. The number of hydrogen-bond donors (Lipinski definition) is 2. The second-order valence-corrected chi connectivity index (χ2v) is 7.91. The minimum atomic E-state index is -0.985. The van der Waals surface area contributed by atoms with Crippen LogP contribution in [0, 0.1) is 6.92 Å². The number of fused-ring (bicyclic) bond motifs is 3. The van der Waals surface area contributed by atoms with Crippen molar-refractivity contribution in [2.45, 2.75) is 12.8 Å². The summed E-state index contributed by atoms with van der Waals surface area (Å²) >= 11 is 1.10. The summed E-state index contributed by atoms with van der Waals surface area (Å²) in [5, 5.41) is 12.3. The van der Waals surface area contributed by atoms with Gasteiger partial charge in [0.25, 0.3) is 0 Å². The summed E-state index contributed by atoms with van der Waals surface area (Å²) in [7, 11) is 0. The van der Waals surface area contributed by atoms with Crippen LogP contribution < -0.4 is 5.32 Å². The van der Waals surface area contributed by atoms with Crippen molar-refractivity contribution in [3.63, 3.8) is 0 Å². The van der Waals surface area contributed by atoms with Gasteiger partial charge in [-0.05, 0) is 35.3 Å². The zero-order valence-electron chi connectivity index (χ0n) is 16.3. The Bertz CT molecular complexity index is 1090. The average Bonchev–Trinajstić information content (AvgIpc) is 3.27. The molecule has 30 heavy (non-hydrogen) atoms. The molecule has 0 radical (unpaired) electrons. The zero-order chi connectivity index (χ0) is 21.1. The fourth-order valence-corrected chi connectivity index (χ4v) is 4.48. The van der Waals surface area contributed by atoms with E-state index in [2.05, 4.69) is 34.6 Å². The van der Waals surface area contributed by atoms with Gasteiger partial charge in [0.05, 0.1) is 5.69 Å². The van der Waals surface area contributed by atoms with E-state index in [1.54, 1.807) is 19.1 Å². The molecule has 0 unspecified atom stereocenters. The number of rotatable bonds is 6. The molecule has 0 saturated carbocycles. The van der Waals surface area contributed by atoms with Gasteiger partial charge in [0, 0.05) is 12.5 Å². The Balaban J connectivity index is 1.32. The van der Waals surface area contributed by atoms with E-state index in [0.717, 1.165) is 11.3 Å². The molecule has 7 heteroatoms. The molecule has 1 aliphatic carbocycles. The lowest BCUT2D eigenvalue weighted by atomic mass is 9.98. The Labute approximate surface area is 177 Å². The lowest BCUT2D eigenvalue weighted by Gasteiger charge is -2.14. The highest BCUT2D eigenvalue weighted by molar-refractivity contribution is 7.14. The van der Waals surface area contributed by atoms with Gasteiger partial charge in [-0.2, -0.15) is 0 Å². The molecule has 0 fully saturated rings. The number of carboxylic acids is 1. The zero-order valence-corrected chi connectivity index (χ0v) is 17.1. The number of carboxylic acid groups (broad SMARTS) is 1. The number of thiazole rings is 1. The Morgan fingerprint density at radius 3 is 2.37 bits per heavy atom. The molecule has 152 valence electrons. The summed E-state index contributed by atoms with van der Waals surface area (Å²) in [6.07, 6.45) is 2.90. The van der Waals surface area contributed by atoms with E-state index in [9.17, 15) is 9.59 Å². The fourth-order valence-electron chi connectivity index (χ4n) is 3.64. The Kier molecular flexibility index (Phi) is 5.63. The van der Waals surface area contributed by atoms with E-state index in [1.807, 2.05) is 24.3 Å². The van der Waals surface area contributed by atoms with E-state index in [0.29, 0.717) is 10.7 Å². The Hall–Kier alpha value is -3.45. The maximum Gasteiger partial charge on any atom is 0.407 e. The van der Waals surface area contributed by atoms with Crippen molar-refractivity contribution in [1.82, 2.24) is 10.3 Å². The first kappa shape index (κ1) is 19.8. The van der Waals surface area contributed by atoms with Crippen LogP contribution in [0.5, 0.6) is 0 Å². The Morgan fingerprint density at radius 1 is 1.13 bits per heavy atom. The van der Waals surface area contributed by atoms with Crippen molar-refractivity contribution in [3.8, 4) is 11.1 Å². The van der Waals surface area contributed by atoms with Gasteiger partial charge in [-0.3, -0.25) is 0 Å². The second kappa shape index (κ2) is 8.51. The van der Waals surface area contributed by atoms with E-state index >= 15 is 0 Å². The van der Waals surface area contributed by atoms with Crippen LogP contribution in [0.1, 0.15) is 37.4 Å². The molecule has 1 aliphatic rings. The number of carbonyl (C=O) groups is 2. The number of aromatic nitrogens is 1. The summed E-state index contributed by atoms with van der Waals surface area (Å²) in [6, 6.07) is 16.4. The summed E-state index contributed by atoms with van der Waals surface area (Å²) in [6.45, 7) is 2.18. The van der Waals surface area contributed by atoms with Crippen molar-refractivity contribution < 1.29 is 19.4 Å².